The number of nitrogens with one attached hydrogen (secondary N) is 1. The predicted octanol–water partition coefficient (Wildman–Crippen LogP) is 9.32. The zero-order chi connectivity index (χ0) is 41.9. The first-order valence-electron chi connectivity index (χ1n) is 19.2. The van der Waals surface area contributed by atoms with Gasteiger partial charge < -0.3 is 18.9 Å². The third-order valence-corrected chi connectivity index (χ3v) is 12.5. The van der Waals surface area contributed by atoms with Crippen molar-refractivity contribution < 1.29 is 35.8 Å². The molecule has 7 aromatic carbocycles. The van der Waals surface area contributed by atoms with Gasteiger partial charge in [-0.3, -0.25) is 4.72 Å². The molecule has 2 aliphatic rings. The monoisotopic (exact) mass is 838 g/mol. The van der Waals surface area contributed by atoms with Crippen molar-refractivity contribution in [3.05, 3.63) is 192 Å². The van der Waals surface area contributed by atoms with Gasteiger partial charge in [0.2, 0.25) is 10.0 Å². The molecule has 2 atom stereocenters. The first kappa shape index (κ1) is 40.2. The van der Waals surface area contributed by atoms with Gasteiger partial charge in [-0.25, -0.2) is 22.0 Å². The van der Waals surface area contributed by atoms with Crippen molar-refractivity contribution in [3.63, 3.8) is 0 Å². The highest BCUT2D eigenvalue weighted by molar-refractivity contribution is 7.92. The average molecular weight is 839 g/mol. The van der Waals surface area contributed by atoms with E-state index < -0.39 is 20.0 Å². The fraction of sp³-hybridized carbons (Fsp3) is 0.125. The van der Waals surface area contributed by atoms with E-state index in [1.54, 1.807) is 50.6 Å². The summed E-state index contributed by atoms with van der Waals surface area (Å²) in [5.74, 6) is 2.83. The van der Waals surface area contributed by atoms with E-state index in [1.165, 1.54) is 0 Å². The number of fused-ring (bicyclic) bond motifs is 6. The van der Waals surface area contributed by atoms with E-state index in [0.29, 0.717) is 17.9 Å². The van der Waals surface area contributed by atoms with Crippen LogP contribution < -0.4 is 28.8 Å². The van der Waals surface area contributed by atoms with E-state index in [2.05, 4.69) is 4.72 Å². The van der Waals surface area contributed by atoms with Crippen molar-refractivity contribution in [1.29, 1.82) is 0 Å². The summed E-state index contributed by atoms with van der Waals surface area (Å²) >= 11 is 0. The zero-order valence-electron chi connectivity index (χ0n) is 32.8. The lowest BCUT2D eigenvalue weighted by Gasteiger charge is -2.30. The van der Waals surface area contributed by atoms with Crippen LogP contribution in [0.15, 0.2) is 169 Å². The molecule has 0 amide bonds. The van der Waals surface area contributed by atoms with Gasteiger partial charge in [0.15, 0.2) is 0 Å². The maximum absolute atomic E-state index is 12.9. The SMILES string of the molecule is COc1cccc2c1-c1ccc(CCS(N)(=O)=O)cc1C(c1ccccc1)O2.COc1cccc2c1-c1ccc(NS(=O)(=O)c3ccccc3)cc1C(c1ccccc1)O2. The molecule has 0 spiro atoms. The standard InChI is InChI=1S/C26H21NO4S.C22H21NO4S/c1-30-23-13-8-14-24-25(23)21-16-15-19(27-32(28,29)20-11-6-3-7-12-20)17-22(21)26(31-24)18-9-4-2-5-10-18;1-26-19-8-5-9-20-21(19)17-11-10-15(12-13-28(23,24)25)14-18(17)22(27-20)16-6-3-2-4-7-16/h2-17,26-27H,1H3;2-11,14,22H,12-13H2,1H3,(H2,23,24,25). The molecular weight excluding hydrogens is 797 g/mol. The van der Waals surface area contributed by atoms with Crippen molar-refractivity contribution >= 4 is 25.7 Å². The van der Waals surface area contributed by atoms with Gasteiger partial charge in [-0.1, -0.05) is 115 Å². The Bertz CT molecular complexity index is 2870. The smallest absolute Gasteiger partial charge is 0.261 e. The highest BCUT2D eigenvalue weighted by atomic mass is 32.2. The topological polar surface area (TPSA) is 143 Å². The molecule has 0 saturated heterocycles. The van der Waals surface area contributed by atoms with Crippen LogP contribution in [0, 0.1) is 0 Å². The molecule has 3 N–H and O–H groups in total. The third kappa shape index (κ3) is 8.44. The number of aryl methyl sites for hydroxylation is 1. The first-order valence-corrected chi connectivity index (χ1v) is 22.4. The molecule has 2 heterocycles. The zero-order valence-corrected chi connectivity index (χ0v) is 34.5. The van der Waals surface area contributed by atoms with Crippen LogP contribution >= 0.6 is 0 Å². The molecule has 304 valence electrons. The Morgan fingerprint density at radius 2 is 1.05 bits per heavy atom. The van der Waals surface area contributed by atoms with Crippen molar-refractivity contribution in [2.75, 3.05) is 24.7 Å². The highest BCUT2D eigenvalue weighted by Crippen LogP contribution is 2.50. The number of sulfonamides is 2. The van der Waals surface area contributed by atoms with Crippen molar-refractivity contribution in [3.8, 4) is 45.3 Å². The van der Waals surface area contributed by atoms with Crippen LogP contribution in [0.25, 0.3) is 22.3 Å². The Hall–Kier alpha value is -6.60. The molecule has 2 unspecified atom stereocenters. The van der Waals surface area contributed by atoms with E-state index in [-0.39, 0.29) is 22.9 Å². The Labute approximate surface area is 350 Å². The van der Waals surface area contributed by atoms with Gasteiger partial charge in [0.25, 0.3) is 10.0 Å². The van der Waals surface area contributed by atoms with Gasteiger partial charge in [-0.2, -0.15) is 0 Å². The molecule has 9 rings (SSSR count). The number of rotatable bonds is 10. The Kier molecular flexibility index (Phi) is 11.3. The number of anilines is 1. The molecule has 0 bridgehead atoms. The summed E-state index contributed by atoms with van der Waals surface area (Å²) in [6, 6.07) is 51.1. The second-order valence-electron chi connectivity index (χ2n) is 14.2. The predicted molar refractivity (Wildman–Crippen MR) is 234 cm³/mol. The first-order chi connectivity index (χ1) is 29.0. The van der Waals surface area contributed by atoms with Gasteiger partial charge >= 0.3 is 0 Å². The second-order valence-corrected chi connectivity index (χ2v) is 17.7. The lowest BCUT2D eigenvalue weighted by Crippen LogP contribution is -2.19. The average Bonchev–Trinajstić information content (AvgIpc) is 3.27. The Morgan fingerprint density at radius 1 is 0.567 bits per heavy atom. The summed E-state index contributed by atoms with van der Waals surface area (Å²) < 4.78 is 75.0. The number of benzene rings is 7. The molecule has 7 aromatic rings. The summed E-state index contributed by atoms with van der Waals surface area (Å²) in [7, 11) is -3.97. The number of hydrogen-bond donors (Lipinski definition) is 2. The fourth-order valence-electron chi connectivity index (χ4n) is 7.58. The van der Waals surface area contributed by atoms with Crippen LogP contribution in [0.2, 0.25) is 0 Å². The normalized spacial score (nSPS) is 14.9. The number of methoxy groups -OCH3 is 2. The van der Waals surface area contributed by atoms with Gasteiger partial charge in [0.05, 0.1) is 36.0 Å². The van der Waals surface area contributed by atoms with Crippen LogP contribution in [-0.4, -0.2) is 36.8 Å². The lowest BCUT2D eigenvalue weighted by molar-refractivity contribution is 0.242. The molecule has 10 nitrogen and oxygen atoms in total. The van der Waals surface area contributed by atoms with Crippen LogP contribution in [0.3, 0.4) is 0 Å². The summed E-state index contributed by atoms with van der Waals surface area (Å²) in [5.41, 5.74) is 8.95. The molecule has 0 radical (unpaired) electrons. The minimum Gasteiger partial charge on any atom is -0.496 e. The molecule has 2 aliphatic heterocycles. The van der Waals surface area contributed by atoms with Gasteiger partial charge in [0, 0.05) is 16.8 Å². The van der Waals surface area contributed by atoms with Crippen LogP contribution in [0.4, 0.5) is 5.69 Å². The summed E-state index contributed by atoms with van der Waals surface area (Å²) in [6.07, 6.45) is -0.316. The number of primary sulfonamides is 1. The molecule has 0 aromatic heterocycles. The Morgan fingerprint density at radius 3 is 1.55 bits per heavy atom. The maximum Gasteiger partial charge on any atom is 0.261 e. The minimum atomic E-state index is -3.71. The van der Waals surface area contributed by atoms with Gasteiger partial charge in [-0.15, -0.1) is 0 Å². The second kappa shape index (κ2) is 16.9. The molecular formula is C48H42N2O8S2. The van der Waals surface area contributed by atoms with E-state index in [1.807, 2.05) is 127 Å². The minimum absolute atomic E-state index is 0.0947. The summed E-state index contributed by atoms with van der Waals surface area (Å²) in [6.45, 7) is 0. The number of nitrogens with two attached hydrogens (primary N) is 1. The van der Waals surface area contributed by atoms with E-state index in [0.717, 1.165) is 67.3 Å². The van der Waals surface area contributed by atoms with Gasteiger partial charge in [0.1, 0.15) is 35.2 Å². The van der Waals surface area contributed by atoms with Crippen LogP contribution in [0.1, 0.15) is 40.0 Å². The summed E-state index contributed by atoms with van der Waals surface area (Å²) in [4.78, 5) is 0.209. The van der Waals surface area contributed by atoms with E-state index in [4.69, 9.17) is 24.1 Å². The van der Waals surface area contributed by atoms with Crippen molar-refractivity contribution in [1.82, 2.24) is 0 Å². The fourth-order valence-corrected chi connectivity index (χ4v) is 9.17. The van der Waals surface area contributed by atoms with Crippen LogP contribution in [-0.2, 0) is 26.5 Å². The largest absolute Gasteiger partial charge is 0.496 e. The molecule has 0 fully saturated rings. The molecule has 0 saturated carbocycles. The highest BCUT2D eigenvalue weighted by Gasteiger charge is 2.32. The van der Waals surface area contributed by atoms with Crippen molar-refractivity contribution in [2.24, 2.45) is 5.14 Å². The summed E-state index contributed by atoms with van der Waals surface area (Å²) in [5, 5.41) is 5.17. The lowest BCUT2D eigenvalue weighted by atomic mass is 9.87. The third-order valence-electron chi connectivity index (χ3n) is 10.4. The molecule has 0 aliphatic carbocycles. The maximum atomic E-state index is 12.9. The number of ether oxygens (including phenoxy) is 4. The Balaban J connectivity index is 0.000000168. The molecule has 12 heteroatoms. The van der Waals surface area contributed by atoms with Crippen molar-refractivity contribution in [2.45, 2.75) is 23.5 Å². The molecule has 60 heavy (non-hydrogen) atoms. The van der Waals surface area contributed by atoms with Crippen LogP contribution in [0.5, 0.6) is 23.0 Å². The quantitative estimate of drug-likeness (QED) is 0.139. The van der Waals surface area contributed by atoms with Gasteiger partial charge in [-0.05, 0) is 82.8 Å². The number of hydrogen-bond acceptors (Lipinski definition) is 8. The van der Waals surface area contributed by atoms with E-state index >= 15 is 0 Å². The van der Waals surface area contributed by atoms with E-state index in [9.17, 15) is 16.8 Å².